The van der Waals surface area contributed by atoms with Gasteiger partial charge >= 0.3 is 0 Å². The van der Waals surface area contributed by atoms with Crippen molar-refractivity contribution < 1.29 is 12.6 Å². The summed E-state index contributed by atoms with van der Waals surface area (Å²) >= 11 is 0. The minimum absolute atomic E-state index is 0.230. The molecular formula is C21H23N3O3S2. The van der Waals surface area contributed by atoms with Gasteiger partial charge in [-0.1, -0.05) is 18.6 Å². The van der Waals surface area contributed by atoms with Crippen LogP contribution in [0.1, 0.15) is 37.3 Å². The summed E-state index contributed by atoms with van der Waals surface area (Å²) in [5, 5.41) is 1.07. The van der Waals surface area contributed by atoms with Crippen molar-refractivity contribution in [2.75, 3.05) is 11.5 Å². The van der Waals surface area contributed by atoms with Gasteiger partial charge in [0.15, 0.2) is 0 Å². The molecule has 29 heavy (non-hydrogen) atoms. The van der Waals surface area contributed by atoms with E-state index in [4.69, 9.17) is 0 Å². The molecule has 0 radical (unpaired) electrons. The number of hydrogen-bond donors (Lipinski definition) is 2. The third-order valence-corrected chi connectivity index (χ3v) is 8.98. The Morgan fingerprint density at radius 3 is 2.55 bits per heavy atom. The monoisotopic (exact) mass is 429 g/mol. The first-order valence-corrected chi connectivity index (χ1v) is 12.9. The molecule has 1 saturated carbocycles. The fourth-order valence-electron chi connectivity index (χ4n) is 4.10. The van der Waals surface area contributed by atoms with Crippen LogP contribution in [0.3, 0.4) is 0 Å². The summed E-state index contributed by atoms with van der Waals surface area (Å²) in [4.78, 5) is 8.14. The molecule has 3 aromatic rings. The first-order valence-electron chi connectivity index (χ1n) is 9.95. The largest absolute Gasteiger partial charge is 0.343 e. The summed E-state index contributed by atoms with van der Waals surface area (Å²) < 4.78 is 39.5. The maximum absolute atomic E-state index is 12.6. The zero-order chi connectivity index (χ0) is 20.0. The third-order valence-electron chi connectivity index (χ3n) is 5.98. The Balaban J connectivity index is 1.42. The number of nitrogens with one attached hydrogen (secondary N) is 2. The number of aromatic amines is 1. The van der Waals surface area contributed by atoms with Gasteiger partial charge in [0, 0.05) is 45.6 Å². The Bertz CT molecular complexity index is 1180. The van der Waals surface area contributed by atoms with Crippen molar-refractivity contribution in [1.82, 2.24) is 14.7 Å². The molecule has 2 N–H and O–H groups in total. The topological polar surface area (TPSA) is 91.9 Å². The second-order valence-electron chi connectivity index (χ2n) is 7.92. The van der Waals surface area contributed by atoms with Gasteiger partial charge in [-0.25, -0.2) is 18.1 Å². The van der Waals surface area contributed by atoms with E-state index >= 15 is 0 Å². The van der Waals surface area contributed by atoms with Crippen LogP contribution in [0.5, 0.6) is 0 Å². The van der Waals surface area contributed by atoms with Gasteiger partial charge in [-0.3, -0.25) is 4.21 Å². The highest BCUT2D eigenvalue weighted by Crippen LogP contribution is 2.38. The maximum Gasteiger partial charge on any atom is 0.240 e. The predicted molar refractivity (Wildman–Crippen MR) is 115 cm³/mol. The zero-order valence-corrected chi connectivity index (χ0v) is 17.6. The van der Waals surface area contributed by atoms with E-state index in [0.717, 1.165) is 22.2 Å². The van der Waals surface area contributed by atoms with Gasteiger partial charge in [0.1, 0.15) is 5.65 Å². The van der Waals surface area contributed by atoms with Gasteiger partial charge in [0.05, 0.1) is 4.90 Å². The van der Waals surface area contributed by atoms with Crippen molar-refractivity contribution in [3.05, 3.63) is 48.3 Å². The Labute approximate surface area is 172 Å². The highest BCUT2D eigenvalue weighted by molar-refractivity contribution is 7.89. The van der Waals surface area contributed by atoms with Gasteiger partial charge < -0.3 is 4.98 Å². The lowest BCUT2D eigenvalue weighted by Crippen LogP contribution is -2.35. The summed E-state index contributed by atoms with van der Waals surface area (Å²) in [5.41, 5.74) is 4.11. The molecule has 5 rings (SSSR count). The molecule has 2 aliphatic rings. The second-order valence-corrected chi connectivity index (χ2v) is 11.3. The molecular weight excluding hydrogens is 406 g/mol. The van der Waals surface area contributed by atoms with Gasteiger partial charge in [-0.05, 0) is 60.6 Å². The van der Waals surface area contributed by atoms with Gasteiger partial charge in [0.25, 0.3) is 0 Å². The summed E-state index contributed by atoms with van der Waals surface area (Å²) in [7, 11) is -4.53. The van der Waals surface area contributed by atoms with Crippen LogP contribution in [0.15, 0.2) is 47.5 Å². The Kier molecular flexibility index (Phi) is 4.80. The number of benzene rings is 1. The lowest BCUT2D eigenvalue weighted by atomic mass is 9.83. The van der Waals surface area contributed by atoms with Crippen molar-refractivity contribution in [3.8, 4) is 11.1 Å². The van der Waals surface area contributed by atoms with Crippen LogP contribution in [0.4, 0.5) is 0 Å². The summed E-state index contributed by atoms with van der Waals surface area (Å²) in [6, 6.07) is 10.9. The van der Waals surface area contributed by atoms with Crippen molar-refractivity contribution in [2.24, 2.45) is 0 Å². The van der Waals surface area contributed by atoms with E-state index in [0.29, 0.717) is 23.8 Å². The maximum atomic E-state index is 12.6. The smallest absolute Gasteiger partial charge is 0.240 e. The van der Waals surface area contributed by atoms with Crippen molar-refractivity contribution in [3.63, 3.8) is 0 Å². The number of aromatic nitrogens is 2. The zero-order valence-electron chi connectivity index (χ0n) is 15.9. The molecule has 8 heteroatoms. The highest BCUT2D eigenvalue weighted by Gasteiger charge is 2.27. The standard InChI is InChI=1S/C21H23N3O3S2/c25-28-11-9-16(13-28)24-29(26,27)17-6-4-14(5-7-17)18-8-10-22-21-19(18)12-20(23-21)15-2-1-3-15/h4-8,10,12,15-16,24H,1-3,9,11,13H2,(H,22,23). The summed E-state index contributed by atoms with van der Waals surface area (Å²) in [5.74, 6) is 1.55. The van der Waals surface area contributed by atoms with Crippen LogP contribution in [-0.4, -0.2) is 40.1 Å². The lowest BCUT2D eigenvalue weighted by molar-refractivity contribution is 0.413. The van der Waals surface area contributed by atoms with Crippen LogP contribution < -0.4 is 4.72 Å². The number of fused-ring (bicyclic) bond motifs is 1. The molecule has 2 unspecified atom stereocenters. The van der Waals surface area contributed by atoms with Crippen LogP contribution >= 0.6 is 0 Å². The molecule has 3 heterocycles. The first-order chi connectivity index (χ1) is 14.0. The Morgan fingerprint density at radius 2 is 1.90 bits per heavy atom. The number of pyridine rings is 1. The molecule has 2 aromatic heterocycles. The quantitative estimate of drug-likeness (QED) is 0.651. The van der Waals surface area contributed by atoms with Crippen LogP contribution in [0.25, 0.3) is 22.2 Å². The Morgan fingerprint density at radius 1 is 1.10 bits per heavy atom. The molecule has 0 bridgehead atoms. The van der Waals surface area contributed by atoms with E-state index in [2.05, 4.69) is 20.8 Å². The van der Waals surface area contributed by atoms with E-state index in [-0.39, 0.29) is 10.9 Å². The van der Waals surface area contributed by atoms with Crippen LogP contribution in [0.2, 0.25) is 0 Å². The molecule has 1 saturated heterocycles. The Hall–Kier alpha value is -2.03. The van der Waals surface area contributed by atoms with Crippen LogP contribution in [-0.2, 0) is 20.8 Å². The molecule has 2 atom stereocenters. The lowest BCUT2D eigenvalue weighted by Gasteiger charge is -2.23. The van der Waals surface area contributed by atoms with E-state index in [1.54, 1.807) is 18.3 Å². The van der Waals surface area contributed by atoms with Crippen LogP contribution in [0, 0.1) is 0 Å². The summed E-state index contributed by atoms with van der Waals surface area (Å²) in [6.45, 7) is 0. The van der Waals surface area contributed by atoms with Gasteiger partial charge in [-0.15, -0.1) is 0 Å². The van der Waals surface area contributed by atoms with Crippen molar-refractivity contribution >= 4 is 31.9 Å². The van der Waals surface area contributed by atoms with Crippen molar-refractivity contribution in [2.45, 2.75) is 42.5 Å². The minimum atomic E-state index is -3.61. The molecule has 2 fully saturated rings. The third kappa shape index (κ3) is 3.65. The van der Waals surface area contributed by atoms with E-state index in [1.165, 1.54) is 25.0 Å². The normalized spacial score (nSPS) is 22.8. The second kappa shape index (κ2) is 7.34. The molecule has 1 aliphatic carbocycles. The SMILES string of the molecule is O=S1CCC(NS(=O)(=O)c2ccc(-c3ccnc4[nH]c(C5CCC5)cc34)cc2)C1. The number of rotatable bonds is 5. The number of nitrogens with zero attached hydrogens (tertiary/aromatic N) is 1. The molecule has 1 aliphatic heterocycles. The van der Waals surface area contributed by atoms with Crippen molar-refractivity contribution in [1.29, 1.82) is 0 Å². The fourth-order valence-corrected chi connectivity index (χ4v) is 6.89. The molecule has 0 amide bonds. The van der Waals surface area contributed by atoms with E-state index < -0.39 is 20.8 Å². The molecule has 1 aromatic carbocycles. The number of sulfonamides is 1. The van der Waals surface area contributed by atoms with Gasteiger partial charge in [0.2, 0.25) is 10.0 Å². The minimum Gasteiger partial charge on any atom is -0.343 e. The fraction of sp³-hybridized carbons (Fsp3) is 0.381. The molecule has 6 nitrogen and oxygen atoms in total. The number of hydrogen-bond acceptors (Lipinski definition) is 4. The molecule has 152 valence electrons. The van der Waals surface area contributed by atoms with E-state index in [1.807, 2.05) is 18.2 Å². The number of H-pyrrole nitrogens is 1. The van der Waals surface area contributed by atoms with E-state index in [9.17, 15) is 12.6 Å². The summed E-state index contributed by atoms with van der Waals surface area (Å²) in [6.07, 6.45) is 6.12. The average molecular weight is 430 g/mol. The predicted octanol–water partition coefficient (Wildman–Crippen LogP) is 3.30. The molecule has 0 spiro atoms. The van der Waals surface area contributed by atoms with Gasteiger partial charge in [-0.2, -0.15) is 0 Å². The average Bonchev–Trinajstić information content (AvgIpc) is 3.25. The first kappa shape index (κ1) is 19.0. The highest BCUT2D eigenvalue weighted by atomic mass is 32.2.